The van der Waals surface area contributed by atoms with E-state index in [0.29, 0.717) is 16.9 Å². The number of hydrogen-bond donors (Lipinski definition) is 1. The molecular weight excluding hydrogens is 403 g/mol. The molecule has 9 heteroatoms. The Hall–Kier alpha value is -4.58. The Balaban J connectivity index is 1.67. The van der Waals surface area contributed by atoms with Crippen molar-refractivity contribution in [2.75, 3.05) is 0 Å². The SMILES string of the molecule is N#Cc1ccc(C(=O)N/N=C\c2ccccc2OCc2cccc([N+](=O)[O-])c2)c(F)c1. The van der Waals surface area contributed by atoms with Crippen LogP contribution in [-0.2, 0) is 6.61 Å². The molecule has 0 aliphatic heterocycles. The largest absolute Gasteiger partial charge is 0.488 e. The van der Waals surface area contributed by atoms with Crippen LogP contribution in [-0.4, -0.2) is 17.0 Å². The van der Waals surface area contributed by atoms with Crippen LogP contribution in [0.5, 0.6) is 5.75 Å². The first kappa shape index (κ1) is 21.1. The van der Waals surface area contributed by atoms with Crippen LogP contribution in [0.2, 0.25) is 0 Å². The maximum atomic E-state index is 13.9. The van der Waals surface area contributed by atoms with Gasteiger partial charge in [0.2, 0.25) is 0 Å². The minimum absolute atomic E-state index is 0.0336. The quantitative estimate of drug-likeness (QED) is 0.354. The zero-order valence-electron chi connectivity index (χ0n) is 16.0. The summed E-state index contributed by atoms with van der Waals surface area (Å²) >= 11 is 0. The summed E-state index contributed by atoms with van der Waals surface area (Å²) in [6, 6.07) is 18.2. The smallest absolute Gasteiger partial charge is 0.274 e. The number of halogens is 1. The molecule has 31 heavy (non-hydrogen) atoms. The van der Waals surface area contributed by atoms with E-state index in [0.717, 1.165) is 6.07 Å². The van der Waals surface area contributed by atoms with Crippen LogP contribution in [0.4, 0.5) is 10.1 Å². The normalized spacial score (nSPS) is 10.5. The number of amides is 1. The van der Waals surface area contributed by atoms with Crippen molar-refractivity contribution in [3.8, 4) is 11.8 Å². The summed E-state index contributed by atoms with van der Waals surface area (Å²) in [4.78, 5) is 22.5. The second-order valence-electron chi connectivity index (χ2n) is 6.26. The van der Waals surface area contributed by atoms with Gasteiger partial charge in [0.25, 0.3) is 11.6 Å². The Labute approximate surface area is 176 Å². The molecular formula is C22H15FN4O4. The molecule has 0 unspecified atom stereocenters. The Morgan fingerprint density at radius 3 is 2.74 bits per heavy atom. The summed E-state index contributed by atoms with van der Waals surface area (Å²) in [5.41, 5.74) is 3.20. The van der Waals surface area contributed by atoms with E-state index in [9.17, 15) is 19.3 Å². The summed E-state index contributed by atoms with van der Waals surface area (Å²) in [5.74, 6) is -1.16. The molecule has 0 heterocycles. The van der Waals surface area contributed by atoms with Crippen LogP contribution in [0.25, 0.3) is 0 Å². The third-order valence-electron chi connectivity index (χ3n) is 4.15. The van der Waals surface area contributed by atoms with Gasteiger partial charge in [-0.05, 0) is 35.9 Å². The van der Waals surface area contributed by atoms with Crippen molar-refractivity contribution in [2.45, 2.75) is 6.61 Å². The van der Waals surface area contributed by atoms with Gasteiger partial charge in [0, 0.05) is 17.7 Å². The van der Waals surface area contributed by atoms with Crippen LogP contribution in [0.15, 0.2) is 71.8 Å². The number of nitro groups is 1. The highest BCUT2D eigenvalue weighted by molar-refractivity contribution is 5.95. The molecule has 0 saturated carbocycles. The number of carbonyl (C=O) groups is 1. The molecule has 1 N–H and O–H groups in total. The first-order valence-electron chi connectivity index (χ1n) is 8.96. The van der Waals surface area contributed by atoms with E-state index >= 15 is 0 Å². The molecule has 0 aliphatic carbocycles. The highest BCUT2D eigenvalue weighted by Gasteiger charge is 2.12. The number of nitrogens with one attached hydrogen (secondary N) is 1. The summed E-state index contributed by atoms with van der Waals surface area (Å²) in [5, 5.41) is 23.5. The number of hydrazone groups is 1. The molecule has 3 aromatic carbocycles. The maximum Gasteiger partial charge on any atom is 0.274 e. The lowest BCUT2D eigenvalue weighted by Crippen LogP contribution is -2.19. The number of hydrogen-bond acceptors (Lipinski definition) is 6. The number of ether oxygens (including phenoxy) is 1. The number of para-hydroxylation sites is 1. The zero-order chi connectivity index (χ0) is 22.2. The molecule has 154 valence electrons. The highest BCUT2D eigenvalue weighted by atomic mass is 19.1. The first-order valence-corrected chi connectivity index (χ1v) is 8.96. The average Bonchev–Trinajstić information content (AvgIpc) is 2.78. The van der Waals surface area contributed by atoms with Crippen LogP contribution in [0.1, 0.15) is 27.0 Å². The Morgan fingerprint density at radius 2 is 2.00 bits per heavy atom. The van der Waals surface area contributed by atoms with Crippen molar-refractivity contribution in [1.82, 2.24) is 5.43 Å². The lowest BCUT2D eigenvalue weighted by molar-refractivity contribution is -0.384. The van der Waals surface area contributed by atoms with Gasteiger partial charge in [-0.1, -0.05) is 24.3 Å². The molecule has 1 amide bonds. The summed E-state index contributed by atoms with van der Waals surface area (Å²) in [6.45, 7) is 0.0926. The lowest BCUT2D eigenvalue weighted by atomic mass is 10.1. The van der Waals surface area contributed by atoms with Crippen molar-refractivity contribution < 1.29 is 18.8 Å². The van der Waals surface area contributed by atoms with Gasteiger partial charge in [-0.3, -0.25) is 14.9 Å². The van der Waals surface area contributed by atoms with Gasteiger partial charge >= 0.3 is 0 Å². The van der Waals surface area contributed by atoms with Gasteiger partial charge in [-0.25, -0.2) is 9.82 Å². The summed E-state index contributed by atoms with van der Waals surface area (Å²) in [7, 11) is 0. The average molecular weight is 418 g/mol. The van der Waals surface area contributed by atoms with Gasteiger partial charge in [0.15, 0.2) is 0 Å². The molecule has 3 rings (SSSR count). The van der Waals surface area contributed by atoms with Gasteiger partial charge < -0.3 is 4.74 Å². The predicted molar refractivity (Wildman–Crippen MR) is 110 cm³/mol. The van der Waals surface area contributed by atoms with E-state index in [-0.39, 0.29) is 23.4 Å². The Bertz CT molecular complexity index is 1200. The minimum atomic E-state index is -0.826. The fourth-order valence-electron chi connectivity index (χ4n) is 2.63. The van der Waals surface area contributed by atoms with Crippen LogP contribution < -0.4 is 10.2 Å². The van der Waals surface area contributed by atoms with Gasteiger partial charge in [-0.15, -0.1) is 0 Å². The number of nitro benzene ring substituents is 1. The molecule has 0 aliphatic rings. The minimum Gasteiger partial charge on any atom is -0.488 e. The summed E-state index contributed by atoms with van der Waals surface area (Å²) in [6.07, 6.45) is 1.34. The topological polar surface area (TPSA) is 118 Å². The van der Waals surface area contributed by atoms with Crippen LogP contribution in [0.3, 0.4) is 0 Å². The maximum absolute atomic E-state index is 13.9. The highest BCUT2D eigenvalue weighted by Crippen LogP contribution is 2.19. The molecule has 0 bridgehead atoms. The fourth-order valence-corrected chi connectivity index (χ4v) is 2.63. The number of nitrogens with zero attached hydrogens (tertiary/aromatic N) is 3. The van der Waals surface area contributed by atoms with Crippen molar-refractivity contribution in [3.63, 3.8) is 0 Å². The van der Waals surface area contributed by atoms with E-state index in [1.807, 2.05) is 0 Å². The number of non-ortho nitro benzene ring substituents is 1. The Morgan fingerprint density at radius 1 is 1.19 bits per heavy atom. The van der Waals surface area contributed by atoms with E-state index < -0.39 is 16.6 Å². The molecule has 3 aromatic rings. The standard InChI is InChI=1S/C22H15FN4O4/c23-20-11-15(12-24)8-9-19(20)22(28)26-25-13-17-5-1-2-7-21(17)31-14-16-4-3-6-18(10-16)27(29)30/h1-11,13H,14H2,(H,26,28)/b25-13-. The monoisotopic (exact) mass is 418 g/mol. The molecule has 0 radical (unpaired) electrons. The Kier molecular flexibility index (Phi) is 6.65. The predicted octanol–water partition coefficient (Wildman–Crippen LogP) is 3.95. The fraction of sp³-hybridized carbons (Fsp3) is 0.0455. The molecule has 0 fully saturated rings. The van der Waals surface area contributed by atoms with Gasteiger partial charge in [-0.2, -0.15) is 10.4 Å². The second-order valence-corrected chi connectivity index (χ2v) is 6.26. The van der Waals surface area contributed by atoms with E-state index in [1.165, 1.54) is 30.5 Å². The molecule has 0 atom stereocenters. The number of nitriles is 1. The van der Waals surface area contributed by atoms with Crippen molar-refractivity contribution in [1.29, 1.82) is 5.26 Å². The third kappa shape index (κ3) is 5.48. The molecule has 0 spiro atoms. The summed E-state index contributed by atoms with van der Waals surface area (Å²) < 4.78 is 19.6. The number of benzene rings is 3. The van der Waals surface area contributed by atoms with Gasteiger partial charge in [0.1, 0.15) is 18.2 Å². The first-order chi connectivity index (χ1) is 15.0. The van der Waals surface area contributed by atoms with E-state index in [2.05, 4.69) is 10.5 Å². The lowest BCUT2D eigenvalue weighted by Gasteiger charge is -2.09. The van der Waals surface area contributed by atoms with Crippen molar-refractivity contribution in [3.05, 3.63) is 105 Å². The van der Waals surface area contributed by atoms with Gasteiger partial charge in [0.05, 0.1) is 28.3 Å². The van der Waals surface area contributed by atoms with E-state index in [1.54, 1.807) is 42.5 Å². The van der Waals surface area contributed by atoms with E-state index in [4.69, 9.17) is 10.00 Å². The molecule has 8 nitrogen and oxygen atoms in total. The van der Waals surface area contributed by atoms with Crippen molar-refractivity contribution in [2.24, 2.45) is 5.10 Å². The third-order valence-corrected chi connectivity index (χ3v) is 4.15. The second kappa shape index (κ2) is 9.76. The molecule has 0 saturated heterocycles. The van der Waals surface area contributed by atoms with Crippen LogP contribution in [0, 0.1) is 27.3 Å². The number of carbonyl (C=O) groups excluding carboxylic acids is 1. The molecule has 0 aromatic heterocycles. The van der Waals surface area contributed by atoms with Crippen LogP contribution >= 0.6 is 0 Å². The zero-order valence-corrected chi connectivity index (χ0v) is 16.0. The number of rotatable bonds is 7. The van der Waals surface area contributed by atoms with Crippen molar-refractivity contribution >= 4 is 17.8 Å².